The third-order valence-corrected chi connectivity index (χ3v) is 1.38. The molecule has 0 aromatic carbocycles. The van der Waals surface area contributed by atoms with E-state index in [0.717, 1.165) is 0 Å². The Kier molecular flexibility index (Phi) is 2.63. The van der Waals surface area contributed by atoms with E-state index < -0.39 is 5.97 Å². The van der Waals surface area contributed by atoms with Gasteiger partial charge in [0.25, 0.3) is 0 Å². The molecule has 1 saturated carbocycles. The van der Waals surface area contributed by atoms with Crippen LogP contribution in [0.5, 0.6) is 0 Å². The van der Waals surface area contributed by atoms with Gasteiger partial charge in [-0.3, -0.25) is 4.79 Å². The molecule has 0 aromatic heterocycles. The van der Waals surface area contributed by atoms with Crippen LogP contribution in [0.1, 0.15) is 0 Å². The Morgan fingerprint density at radius 3 is 2.82 bits per heavy atom. The molecule has 11 heavy (non-hydrogen) atoms. The summed E-state index contributed by atoms with van der Waals surface area (Å²) in [7, 11) is 1.28. The van der Waals surface area contributed by atoms with Gasteiger partial charge in [0.2, 0.25) is 0 Å². The van der Waals surface area contributed by atoms with E-state index in [9.17, 15) is 9.59 Å². The largest absolute Gasteiger partial charge is 0.469 e. The number of hydrogen-bond acceptors (Lipinski definition) is 3. The Morgan fingerprint density at radius 1 is 1.55 bits per heavy atom. The second-order valence-electron chi connectivity index (χ2n) is 2.00. The monoisotopic (exact) mass is 151 g/mol. The highest BCUT2D eigenvalue weighted by molar-refractivity contribution is 6.01. The Morgan fingerprint density at radius 2 is 2.27 bits per heavy atom. The third kappa shape index (κ3) is 1.59. The van der Waals surface area contributed by atoms with Crippen molar-refractivity contribution in [3.63, 3.8) is 0 Å². The second kappa shape index (κ2) is 3.51. The first-order valence-electron chi connectivity index (χ1n) is 3.08. The maximum Gasteiger partial charge on any atom is 0.314 e. The van der Waals surface area contributed by atoms with Gasteiger partial charge >= 0.3 is 5.97 Å². The van der Waals surface area contributed by atoms with Crippen LogP contribution in [0.25, 0.3) is 0 Å². The van der Waals surface area contributed by atoms with Gasteiger partial charge in [0.15, 0.2) is 0 Å². The first kappa shape index (κ1) is 8.24. The Hall–Kier alpha value is -0.860. The molecule has 0 atom stereocenters. The van der Waals surface area contributed by atoms with Gasteiger partial charge in [-0.1, -0.05) is 0 Å². The Bertz CT molecular complexity index is 165. The molecule has 3 nitrogen and oxygen atoms in total. The van der Waals surface area contributed by atoms with Crippen LogP contribution in [0.3, 0.4) is 0 Å². The van der Waals surface area contributed by atoms with Crippen LogP contribution in [-0.2, 0) is 14.3 Å². The molecular formula is C8H7O3. The maximum absolute atomic E-state index is 10.9. The zero-order chi connectivity index (χ0) is 8.27. The van der Waals surface area contributed by atoms with Gasteiger partial charge in [0.05, 0.1) is 13.0 Å². The fourth-order valence-corrected chi connectivity index (χ4v) is 0.833. The topological polar surface area (TPSA) is 43.4 Å². The predicted molar refractivity (Wildman–Crippen MR) is 37.5 cm³/mol. The summed E-state index contributed by atoms with van der Waals surface area (Å²) in [6.07, 6.45) is 5.39. The lowest BCUT2D eigenvalue weighted by Crippen LogP contribution is -2.17. The molecule has 0 aromatic rings. The molecule has 1 aliphatic rings. The van der Waals surface area contributed by atoms with Crippen LogP contribution in [0.2, 0.25) is 0 Å². The van der Waals surface area contributed by atoms with Gasteiger partial charge < -0.3 is 9.53 Å². The number of esters is 1. The van der Waals surface area contributed by atoms with Crippen LogP contribution < -0.4 is 0 Å². The van der Waals surface area contributed by atoms with Gasteiger partial charge in [0, 0.05) is 0 Å². The first-order valence-corrected chi connectivity index (χ1v) is 3.08. The highest BCUT2D eigenvalue weighted by Crippen LogP contribution is 2.31. The molecule has 0 amide bonds. The molecule has 5 radical (unpaired) electrons. The van der Waals surface area contributed by atoms with E-state index in [4.69, 9.17) is 0 Å². The highest BCUT2D eigenvalue weighted by Gasteiger charge is 2.35. The van der Waals surface area contributed by atoms with Crippen LogP contribution in [0.4, 0.5) is 0 Å². The molecule has 57 valence electrons. The lowest BCUT2D eigenvalue weighted by molar-refractivity contribution is -0.138. The molecule has 0 spiro atoms. The van der Waals surface area contributed by atoms with E-state index in [1.165, 1.54) is 7.11 Å². The van der Waals surface area contributed by atoms with Crippen LogP contribution >= 0.6 is 0 Å². The van der Waals surface area contributed by atoms with Crippen molar-refractivity contribution < 1.29 is 14.3 Å². The van der Waals surface area contributed by atoms with E-state index in [0.29, 0.717) is 18.1 Å². The molecular weight excluding hydrogens is 144 g/mol. The number of aldehydes is 1. The molecule has 0 saturated heterocycles. The first-order chi connectivity index (χ1) is 5.29. The zero-order valence-corrected chi connectivity index (χ0v) is 6.03. The summed E-state index contributed by atoms with van der Waals surface area (Å²) in [6.45, 7) is 0. The van der Waals surface area contributed by atoms with Gasteiger partial charge in [0.1, 0.15) is 12.2 Å². The average Bonchev–Trinajstić information content (AvgIpc) is 2.50. The van der Waals surface area contributed by atoms with Crippen molar-refractivity contribution in [2.45, 2.75) is 0 Å². The predicted octanol–water partition coefficient (Wildman–Crippen LogP) is 0.134. The summed E-state index contributed by atoms with van der Waals surface area (Å²) in [6, 6.07) is 0. The summed E-state index contributed by atoms with van der Waals surface area (Å²) >= 11 is 0. The number of hydrogen-bond donors (Lipinski definition) is 0. The Balaban J connectivity index is 2.56. The van der Waals surface area contributed by atoms with Crippen molar-refractivity contribution in [2.75, 3.05) is 7.11 Å². The average molecular weight is 151 g/mol. The van der Waals surface area contributed by atoms with Gasteiger partial charge in [-0.05, 0) is 19.3 Å². The fourth-order valence-electron chi connectivity index (χ4n) is 0.833. The van der Waals surface area contributed by atoms with Crippen molar-refractivity contribution in [1.82, 2.24) is 0 Å². The smallest absolute Gasteiger partial charge is 0.314 e. The van der Waals surface area contributed by atoms with Gasteiger partial charge in [-0.25, -0.2) is 0 Å². The molecule has 1 aliphatic carbocycles. The highest BCUT2D eigenvalue weighted by atomic mass is 16.5. The summed E-state index contributed by atoms with van der Waals surface area (Å²) in [4.78, 5) is 21.2. The number of carbonyl (C=O) groups is 2. The number of rotatable bonds is 2. The second-order valence-corrected chi connectivity index (χ2v) is 2.00. The summed E-state index contributed by atoms with van der Waals surface area (Å²) < 4.78 is 4.44. The molecule has 0 bridgehead atoms. The lowest BCUT2D eigenvalue weighted by atomic mass is 9.98. The third-order valence-electron chi connectivity index (χ3n) is 1.38. The van der Waals surface area contributed by atoms with Gasteiger partial charge in [-0.15, -0.1) is 0 Å². The maximum atomic E-state index is 10.9. The van der Waals surface area contributed by atoms with E-state index in [-0.39, 0.29) is 0 Å². The van der Waals surface area contributed by atoms with Crippen LogP contribution in [0.15, 0.2) is 0 Å². The van der Waals surface area contributed by atoms with Crippen molar-refractivity contribution in [3.8, 4) is 0 Å². The summed E-state index contributed by atoms with van der Waals surface area (Å²) in [5.74, 6) is 0.219. The number of carbonyl (C=O) groups excluding carboxylic acids is 2. The lowest BCUT2D eigenvalue weighted by Gasteiger charge is -2.08. The van der Waals surface area contributed by atoms with Crippen molar-refractivity contribution in [2.24, 2.45) is 0 Å². The molecule has 0 N–H and O–H groups in total. The standard InChI is InChI=1S/C8H7O3/c1-11-8(10)7-4-2-3-6(7)5-9/h2-5H,1H3. The van der Waals surface area contributed by atoms with Crippen LogP contribution in [0, 0.1) is 31.1 Å². The zero-order valence-electron chi connectivity index (χ0n) is 6.03. The van der Waals surface area contributed by atoms with Crippen LogP contribution in [-0.4, -0.2) is 19.4 Å². The summed E-state index contributed by atoms with van der Waals surface area (Å²) in [5.41, 5.74) is 0. The van der Waals surface area contributed by atoms with E-state index in [1.807, 2.05) is 0 Å². The molecule has 0 aliphatic heterocycles. The minimum absolute atomic E-state index is 0.322. The van der Waals surface area contributed by atoms with E-state index in [2.05, 4.69) is 4.74 Å². The van der Waals surface area contributed by atoms with Crippen molar-refractivity contribution in [3.05, 3.63) is 31.1 Å². The minimum atomic E-state index is -0.475. The van der Waals surface area contributed by atoms with Gasteiger partial charge in [-0.2, -0.15) is 0 Å². The normalized spacial score (nSPS) is 20.1. The number of methoxy groups -OCH3 is 1. The molecule has 0 unspecified atom stereocenters. The SMILES string of the molecule is COC(=O)[C]1[CH][CH][CH][C]1C=O. The molecule has 0 heterocycles. The molecule has 3 heteroatoms. The quantitative estimate of drug-likeness (QED) is 0.416. The summed E-state index contributed by atoms with van der Waals surface area (Å²) in [5, 5.41) is 0. The van der Waals surface area contributed by atoms with Crippen molar-refractivity contribution in [1.29, 1.82) is 0 Å². The van der Waals surface area contributed by atoms with E-state index >= 15 is 0 Å². The molecule has 1 rings (SSSR count). The minimum Gasteiger partial charge on any atom is -0.469 e. The molecule has 1 fully saturated rings. The fraction of sp³-hybridized carbons (Fsp3) is 0.125. The van der Waals surface area contributed by atoms with Crippen molar-refractivity contribution >= 4 is 12.3 Å². The van der Waals surface area contributed by atoms with E-state index in [1.54, 1.807) is 19.3 Å². The number of ether oxygens (including phenoxy) is 1. The Labute approximate surface area is 65.7 Å².